The molecule has 0 aromatic carbocycles. The number of ether oxygens (including phenoxy) is 1. The van der Waals surface area contributed by atoms with Gasteiger partial charge in [-0.1, -0.05) is 0 Å². The highest BCUT2D eigenvalue weighted by Crippen LogP contribution is 2.25. The number of nitrogens with zero attached hydrogens (tertiary/aromatic N) is 9. The van der Waals surface area contributed by atoms with Gasteiger partial charge in [-0.15, -0.1) is 14.9 Å². The summed E-state index contributed by atoms with van der Waals surface area (Å²) < 4.78 is 34.3. The molecule has 0 aliphatic carbocycles. The van der Waals surface area contributed by atoms with E-state index in [1.165, 1.54) is 18.5 Å². The van der Waals surface area contributed by atoms with Crippen LogP contribution in [0.5, 0.6) is 5.88 Å². The zero-order chi connectivity index (χ0) is 20.4. The van der Waals surface area contributed by atoms with E-state index in [4.69, 9.17) is 4.74 Å². The zero-order valence-corrected chi connectivity index (χ0v) is 15.5. The molecule has 0 spiro atoms. The van der Waals surface area contributed by atoms with Gasteiger partial charge >= 0.3 is 0 Å². The summed E-state index contributed by atoms with van der Waals surface area (Å²) in [6, 6.07) is 5.70. The monoisotopic (exact) mass is 400 g/mol. The Kier molecular flexibility index (Phi) is 4.97. The number of hydrogen-bond acceptors (Lipinski definition) is 8. The largest absolute Gasteiger partial charge is 0.468 e. The Balaban J connectivity index is 1.45. The fourth-order valence-electron chi connectivity index (χ4n) is 2.71. The molecule has 0 N–H and O–H groups in total. The molecule has 0 saturated heterocycles. The quantitative estimate of drug-likeness (QED) is 0.588. The first kappa shape index (κ1) is 18.7. The standard InChI is InChI=1S/C17H16F2N9O/c1-10-21-9-22-28(10)14-5-6-15(24-23-14)29-8-13-16(25-26-27(13)2)12-4-3-11(7-20-12)17(18)19/h3-7,9,16-17H,8H2,1-2H3/q+1. The summed E-state index contributed by atoms with van der Waals surface area (Å²) in [4.78, 5) is 8.13. The maximum atomic E-state index is 12.7. The molecule has 4 rings (SSSR count). The van der Waals surface area contributed by atoms with Gasteiger partial charge in [0.25, 0.3) is 12.5 Å². The van der Waals surface area contributed by atoms with E-state index in [-0.39, 0.29) is 12.2 Å². The van der Waals surface area contributed by atoms with Gasteiger partial charge < -0.3 is 4.74 Å². The van der Waals surface area contributed by atoms with Crippen molar-refractivity contribution in [2.45, 2.75) is 19.4 Å². The number of alkyl halides is 2. The first-order chi connectivity index (χ1) is 14.0. The summed E-state index contributed by atoms with van der Waals surface area (Å²) in [5.41, 5.74) is 1.05. The minimum atomic E-state index is -2.57. The molecule has 148 valence electrons. The minimum Gasteiger partial charge on any atom is -0.468 e. The minimum absolute atomic E-state index is 0.128. The lowest BCUT2D eigenvalue weighted by Gasteiger charge is -2.08. The van der Waals surface area contributed by atoms with Crippen molar-refractivity contribution in [3.05, 3.63) is 53.9 Å². The maximum absolute atomic E-state index is 12.7. The van der Waals surface area contributed by atoms with Crippen molar-refractivity contribution >= 4 is 5.71 Å². The summed E-state index contributed by atoms with van der Waals surface area (Å²) in [7, 11) is 1.72. The van der Waals surface area contributed by atoms with Crippen LogP contribution < -0.4 is 4.74 Å². The van der Waals surface area contributed by atoms with Crippen molar-refractivity contribution in [1.82, 2.24) is 29.9 Å². The van der Waals surface area contributed by atoms with E-state index in [1.54, 1.807) is 35.5 Å². The van der Waals surface area contributed by atoms with E-state index in [0.717, 1.165) is 6.20 Å². The molecule has 0 bridgehead atoms. The lowest BCUT2D eigenvalue weighted by Crippen LogP contribution is -2.24. The second kappa shape index (κ2) is 7.73. The van der Waals surface area contributed by atoms with Crippen LogP contribution >= 0.6 is 0 Å². The molecule has 0 saturated carbocycles. The normalized spacial score (nSPS) is 16.1. The van der Waals surface area contributed by atoms with Crippen LogP contribution in [0, 0.1) is 6.92 Å². The molecule has 3 aromatic rings. The molecule has 1 atom stereocenters. The van der Waals surface area contributed by atoms with Crippen molar-refractivity contribution in [1.29, 1.82) is 0 Å². The van der Waals surface area contributed by atoms with E-state index in [1.807, 2.05) is 0 Å². The van der Waals surface area contributed by atoms with Crippen molar-refractivity contribution in [3.8, 4) is 11.7 Å². The van der Waals surface area contributed by atoms with Crippen molar-refractivity contribution < 1.29 is 18.2 Å². The van der Waals surface area contributed by atoms with Gasteiger partial charge in [0.2, 0.25) is 5.88 Å². The number of rotatable bonds is 6. The molecule has 1 aliphatic heterocycles. The summed E-state index contributed by atoms with van der Waals surface area (Å²) in [5.74, 6) is 1.51. The van der Waals surface area contributed by atoms with Gasteiger partial charge in [-0.2, -0.15) is 9.78 Å². The fraction of sp³-hybridized carbons (Fsp3) is 0.294. The molecule has 1 aliphatic rings. The van der Waals surface area contributed by atoms with Crippen molar-refractivity contribution in [2.75, 3.05) is 13.7 Å². The van der Waals surface area contributed by atoms with Gasteiger partial charge in [-0.05, 0) is 25.1 Å². The molecular formula is C17H16F2N9O+. The van der Waals surface area contributed by atoms with E-state index in [0.29, 0.717) is 28.9 Å². The van der Waals surface area contributed by atoms with Crippen LogP contribution in [-0.4, -0.2) is 54.0 Å². The summed E-state index contributed by atoms with van der Waals surface area (Å²) in [6.07, 6.45) is 0.00475. The number of aromatic nitrogens is 6. The molecule has 29 heavy (non-hydrogen) atoms. The lowest BCUT2D eigenvalue weighted by atomic mass is 10.1. The smallest absolute Gasteiger partial charge is 0.270 e. The highest BCUT2D eigenvalue weighted by molar-refractivity contribution is 5.87. The van der Waals surface area contributed by atoms with E-state index < -0.39 is 12.5 Å². The molecule has 0 radical (unpaired) electrons. The Hall–Kier alpha value is -3.70. The Morgan fingerprint density at radius 2 is 2.03 bits per heavy atom. The molecule has 0 amide bonds. The number of pyridine rings is 1. The van der Waals surface area contributed by atoms with Crippen LogP contribution in [0.3, 0.4) is 0 Å². The van der Waals surface area contributed by atoms with Crippen LogP contribution in [-0.2, 0) is 0 Å². The van der Waals surface area contributed by atoms with Gasteiger partial charge in [-0.25, -0.2) is 13.8 Å². The first-order valence-electron chi connectivity index (χ1n) is 8.60. The predicted molar refractivity (Wildman–Crippen MR) is 95.2 cm³/mol. The Bertz CT molecular complexity index is 1060. The molecule has 10 nitrogen and oxygen atoms in total. The summed E-state index contributed by atoms with van der Waals surface area (Å²) in [5, 5.41) is 20.3. The van der Waals surface area contributed by atoms with E-state index in [9.17, 15) is 8.78 Å². The third-order valence-electron chi connectivity index (χ3n) is 4.30. The SMILES string of the molecule is Cc1ncnn1-c1ccc(OCC2=[N+](C)N=NC2c2ccc(C(F)F)cn2)nn1. The molecule has 1 unspecified atom stereocenters. The highest BCUT2D eigenvalue weighted by Gasteiger charge is 2.35. The topological polar surface area (TPSA) is 106 Å². The molecule has 12 heteroatoms. The second-order valence-electron chi connectivity index (χ2n) is 6.18. The average Bonchev–Trinajstić information content (AvgIpc) is 3.32. The van der Waals surface area contributed by atoms with E-state index >= 15 is 0 Å². The maximum Gasteiger partial charge on any atom is 0.270 e. The van der Waals surface area contributed by atoms with Gasteiger partial charge in [-0.3, -0.25) is 4.98 Å². The third kappa shape index (κ3) is 3.81. The van der Waals surface area contributed by atoms with Crippen LogP contribution in [0.1, 0.15) is 29.5 Å². The van der Waals surface area contributed by atoms with E-state index in [2.05, 4.69) is 35.6 Å². The Labute approximate surface area is 163 Å². The lowest BCUT2D eigenvalue weighted by molar-refractivity contribution is -0.506. The van der Waals surface area contributed by atoms with Gasteiger partial charge in [0.1, 0.15) is 24.4 Å². The predicted octanol–water partition coefficient (Wildman–Crippen LogP) is 2.28. The third-order valence-corrected chi connectivity index (χ3v) is 4.30. The van der Waals surface area contributed by atoms with Crippen LogP contribution in [0.15, 0.2) is 47.1 Å². The molecular weight excluding hydrogens is 384 g/mol. The average molecular weight is 400 g/mol. The van der Waals surface area contributed by atoms with Crippen LogP contribution in [0.2, 0.25) is 0 Å². The van der Waals surface area contributed by atoms with Crippen LogP contribution in [0.25, 0.3) is 5.82 Å². The Morgan fingerprint density at radius 3 is 2.66 bits per heavy atom. The van der Waals surface area contributed by atoms with Gasteiger partial charge in [0.15, 0.2) is 18.1 Å². The van der Waals surface area contributed by atoms with Gasteiger partial charge in [0.05, 0.1) is 5.69 Å². The Morgan fingerprint density at radius 1 is 1.17 bits per heavy atom. The number of hydrogen-bond donors (Lipinski definition) is 0. The fourth-order valence-corrected chi connectivity index (χ4v) is 2.71. The molecule has 4 heterocycles. The van der Waals surface area contributed by atoms with Gasteiger partial charge in [0, 0.05) is 22.9 Å². The van der Waals surface area contributed by atoms with Crippen LogP contribution in [0.4, 0.5) is 8.78 Å². The summed E-state index contributed by atoms with van der Waals surface area (Å²) >= 11 is 0. The van der Waals surface area contributed by atoms with Crippen molar-refractivity contribution in [3.63, 3.8) is 0 Å². The number of halogens is 2. The first-order valence-corrected chi connectivity index (χ1v) is 8.60. The molecule has 0 fully saturated rings. The molecule has 3 aromatic heterocycles. The second-order valence-corrected chi connectivity index (χ2v) is 6.18. The zero-order valence-electron chi connectivity index (χ0n) is 15.5. The summed E-state index contributed by atoms with van der Waals surface area (Å²) in [6.45, 7) is 1.93. The highest BCUT2D eigenvalue weighted by atomic mass is 19.3. The van der Waals surface area contributed by atoms with Crippen molar-refractivity contribution in [2.24, 2.45) is 10.3 Å². The number of aryl methyl sites for hydroxylation is 1.